The Morgan fingerprint density at radius 3 is 2.80 bits per heavy atom. The molecule has 1 heterocycles. The minimum absolute atomic E-state index is 0.564. The van der Waals surface area contributed by atoms with E-state index in [0.29, 0.717) is 6.04 Å². The third kappa shape index (κ3) is 3.07. The fraction of sp³-hybridized carbons (Fsp3) is 0.667. The van der Waals surface area contributed by atoms with Crippen molar-refractivity contribution in [3.05, 3.63) is 35.4 Å². The number of fused-ring (bicyclic) bond motifs is 1. The fourth-order valence-corrected chi connectivity index (χ4v) is 5.05. The van der Waals surface area contributed by atoms with Crippen LogP contribution >= 0.6 is 11.8 Å². The summed E-state index contributed by atoms with van der Waals surface area (Å²) in [6, 6.07) is 10.3. The van der Waals surface area contributed by atoms with Gasteiger partial charge >= 0.3 is 0 Å². The maximum absolute atomic E-state index is 4.02. The maximum Gasteiger partial charge on any atom is 0.0417 e. The quantitative estimate of drug-likeness (QED) is 0.859. The number of nitrogens with one attached hydrogen (secondary N) is 1. The van der Waals surface area contributed by atoms with Gasteiger partial charge in [-0.05, 0) is 35.8 Å². The zero-order valence-electron chi connectivity index (χ0n) is 12.8. The predicted molar refractivity (Wildman–Crippen MR) is 89.1 cm³/mol. The van der Waals surface area contributed by atoms with Gasteiger partial charge in [0.1, 0.15) is 0 Å². The molecule has 1 aliphatic heterocycles. The lowest BCUT2D eigenvalue weighted by Crippen LogP contribution is -2.44. The van der Waals surface area contributed by atoms with Crippen molar-refractivity contribution < 1.29 is 0 Å². The zero-order chi connectivity index (χ0) is 13.9. The molecule has 0 amide bonds. The monoisotopic (exact) mass is 289 g/mol. The summed E-state index contributed by atoms with van der Waals surface area (Å²) in [6.07, 6.45) is 5.61. The van der Waals surface area contributed by atoms with Gasteiger partial charge < -0.3 is 5.32 Å². The molecule has 110 valence electrons. The molecule has 2 heteroatoms. The van der Waals surface area contributed by atoms with Gasteiger partial charge in [-0.3, -0.25) is 0 Å². The summed E-state index contributed by atoms with van der Waals surface area (Å²) in [4.78, 5) is 0. The van der Waals surface area contributed by atoms with E-state index in [1.807, 2.05) is 0 Å². The number of rotatable bonds is 3. The van der Waals surface area contributed by atoms with Crippen LogP contribution in [0.3, 0.4) is 0 Å². The number of thioether (sulfide) groups is 1. The molecule has 0 radical (unpaired) electrons. The molecular formula is C18H27NS. The van der Waals surface area contributed by atoms with Gasteiger partial charge in [-0.1, -0.05) is 51.0 Å². The minimum atomic E-state index is 0.564. The molecule has 1 fully saturated rings. The molecule has 0 aromatic heterocycles. The molecule has 1 nitrogen and oxygen atoms in total. The van der Waals surface area contributed by atoms with Crippen LogP contribution in [0.2, 0.25) is 0 Å². The van der Waals surface area contributed by atoms with Crippen molar-refractivity contribution in [2.24, 2.45) is 11.8 Å². The maximum atomic E-state index is 4.02. The van der Waals surface area contributed by atoms with E-state index >= 15 is 0 Å². The normalized spacial score (nSPS) is 30.2. The lowest BCUT2D eigenvalue weighted by Gasteiger charge is -2.39. The molecule has 0 bridgehead atoms. The van der Waals surface area contributed by atoms with Crippen LogP contribution in [-0.4, -0.2) is 11.8 Å². The van der Waals surface area contributed by atoms with E-state index in [2.05, 4.69) is 55.2 Å². The summed E-state index contributed by atoms with van der Waals surface area (Å²) in [5.74, 6) is 4.09. The van der Waals surface area contributed by atoms with E-state index in [9.17, 15) is 0 Å². The van der Waals surface area contributed by atoms with Gasteiger partial charge in [0, 0.05) is 23.6 Å². The van der Waals surface area contributed by atoms with Crippen molar-refractivity contribution in [1.82, 2.24) is 5.32 Å². The number of benzene rings is 1. The van der Waals surface area contributed by atoms with Gasteiger partial charge in [0.25, 0.3) is 0 Å². The second kappa shape index (κ2) is 6.53. The fourth-order valence-electron chi connectivity index (χ4n) is 3.94. The van der Waals surface area contributed by atoms with Crippen molar-refractivity contribution in [1.29, 1.82) is 0 Å². The van der Waals surface area contributed by atoms with Gasteiger partial charge in [-0.15, -0.1) is 0 Å². The molecule has 0 spiro atoms. The van der Waals surface area contributed by atoms with Crippen LogP contribution in [0.25, 0.3) is 0 Å². The van der Waals surface area contributed by atoms with Crippen molar-refractivity contribution in [2.75, 3.05) is 5.75 Å². The average molecular weight is 289 g/mol. The highest BCUT2D eigenvalue weighted by Crippen LogP contribution is 2.35. The van der Waals surface area contributed by atoms with Crippen molar-refractivity contribution in [3.63, 3.8) is 0 Å². The van der Waals surface area contributed by atoms with Crippen LogP contribution in [0.1, 0.15) is 56.7 Å². The molecule has 20 heavy (non-hydrogen) atoms. The Balaban J connectivity index is 1.74. The molecule has 1 saturated carbocycles. The summed E-state index contributed by atoms with van der Waals surface area (Å²) in [7, 11) is 0. The molecule has 3 atom stereocenters. The SMILES string of the molecule is CC(C)C1CCCCC1NC1CSCc2ccccc21. The van der Waals surface area contributed by atoms with E-state index in [4.69, 9.17) is 0 Å². The predicted octanol–water partition coefficient (Wildman–Crippen LogP) is 4.78. The van der Waals surface area contributed by atoms with Crippen LogP contribution in [0, 0.1) is 11.8 Å². The summed E-state index contributed by atoms with van der Waals surface area (Å²) in [5, 5.41) is 4.02. The van der Waals surface area contributed by atoms with E-state index in [1.165, 1.54) is 42.8 Å². The molecule has 1 aromatic rings. The van der Waals surface area contributed by atoms with Crippen LogP contribution in [0.4, 0.5) is 0 Å². The standard InChI is InChI=1S/C18H27NS/c1-13(2)15-8-5-6-10-17(15)19-18-12-20-11-14-7-3-4-9-16(14)18/h3-4,7,9,13,15,17-19H,5-6,8,10-12H2,1-2H3. The van der Waals surface area contributed by atoms with E-state index in [-0.39, 0.29) is 0 Å². The van der Waals surface area contributed by atoms with Crippen LogP contribution in [0.5, 0.6) is 0 Å². The first-order valence-electron chi connectivity index (χ1n) is 8.17. The lowest BCUT2D eigenvalue weighted by molar-refractivity contribution is 0.195. The Morgan fingerprint density at radius 2 is 1.95 bits per heavy atom. The van der Waals surface area contributed by atoms with Gasteiger partial charge in [-0.25, -0.2) is 0 Å². The topological polar surface area (TPSA) is 12.0 Å². The Labute approximate surface area is 127 Å². The third-order valence-electron chi connectivity index (χ3n) is 5.06. The van der Waals surface area contributed by atoms with E-state index in [0.717, 1.165) is 17.9 Å². The molecule has 1 aromatic carbocycles. The number of hydrogen-bond donors (Lipinski definition) is 1. The Bertz CT molecular complexity index is 443. The summed E-state index contributed by atoms with van der Waals surface area (Å²) in [5.41, 5.74) is 3.09. The largest absolute Gasteiger partial charge is 0.306 e. The van der Waals surface area contributed by atoms with Gasteiger partial charge in [0.15, 0.2) is 0 Å². The Hall–Kier alpha value is -0.470. The molecule has 3 rings (SSSR count). The van der Waals surface area contributed by atoms with Crippen molar-refractivity contribution in [3.8, 4) is 0 Å². The molecule has 2 aliphatic rings. The van der Waals surface area contributed by atoms with Gasteiger partial charge in [0.2, 0.25) is 0 Å². The zero-order valence-corrected chi connectivity index (χ0v) is 13.6. The van der Waals surface area contributed by atoms with Crippen molar-refractivity contribution in [2.45, 2.75) is 57.4 Å². The highest BCUT2D eigenvalue weighted by molar-refractivity contribution is 7.98. The van der Waals surface area contributed by atoms with Crippen LogP contribution in [0.15, 0.2) is 24.3 Å². The first-order valence-corrected chi connectivity index (χ1v) is 9.33. The van der Waals surface area contributed by atoms with E-state index in [1.54, 1.807) is 5.56 Å². The molecule has 0 saturated heterocycles. The lowest BCUT2D eigenvalue weighted by atomic mass is 9.77. The average Bonchev–Trinajstić information content (AvgIpc) is 2.48. The highest BCUT2D eigenvalue weighted by Gasteiger charge is 2.30. The summed E-state index contributed by atoms with van der Waals surface area (Å²) >= 11 is 2.08. The summed E-state index contributed by atoms with van der Waals surface area (Å²) < 4.78 is 0. The molecule has 3 unspecified atom stereocenters. The third-order valence-corrected chi connectivity index (χ3v) is 6.15. The van der Waals surface area contributed by atoms with Gasteiger partial charge in [-0.2, -0.15) is 11.8 Å². The smallest absolute Gasteiger partial charge is 0.0417 e. The first-order chi connectivity index (χ1) is 9.75. The number of hydrogen-bond acceptors (Lipinski definition) is 2. The van der Waals surface area contributed by atoms with Crippen LogP contribution in [-0.2, 0) is 5.75 Å². The van der Waals surface area contributed by atoms with E-state index < -0.39 is 0 Å². The van der Waals surface area contributed by atoms with Crippen molar-refractivity contribution >= 4 is 11.8 Å². The Morgan fingerprint density at radius 1 is 1.15 bits per heavy atom. The Kier molecular flexibility index (Phi) is 4.72. The molecule has 1 N–H and O–H groups in total. The first kappa shape index (κ1) is 14.5. The van der Waals surface area contributed by atoms with Crippen LogP contribution < -0.4 is 5.32 Å². The molecular weight excluding hydrogens is 262 g/mol. The van der Waals surface area contributed by atoms with Gasteiger partial charge in [0.05, 0.1) is 0 Å². The minimum Gasteiger partial charge on any atom is -0.306 e. The summed E-state index contributed by atoms with van der Waals surface area (Å²) in [6.45, 7) is 4.79. The second-order valence-corrected chi connectivity index (χ2v) is 7.76. The highest BCUT2D eigenvalue weighted by atomic mass is 32.2. The molecule has 1 aliphatic carbocycles. The second-order valence-electron chi connectivity index (χ2n) is 6.73.